The van der Waals surface area contributed by atoms with E-state index in [1.165, 1.54) is 18.2 Å². The second-order valence-corrected chi connectivity index (χ2v) is 9.94. The number of carbonyl (C=O) groups is 1. The highest BCUT2D eigenvalue weighted by Gasteiger charge is 2.33. The van der Waals surface area contributed by atoms with Gasteiger partial charge in [-0.2, -0.15) is 0 Å². The van der Waals surface area contributed by atoms with E-state index in [1.807, 2.05) is 34.9 Å². The standard InChI is InChI=1S/C25H31N3O3S/c1-17(2)20-12-11-18(3)14-22(20)31-23(29)16-32-25-27-26-24(21-10-7-13-30-21)28(25)15-19-8-5-4-6-9-19/h4-10,13,17-18,20,22H,11-12,14-16H2,1-3H3/t18-,20+,22+/m1/s1. The SMILES string of the molecule is CC(C)[C@@H]1CC[C@@H](C)C[C@@H]1OC(=O)CSc1nnc(-c2ccco2)n1Cc1ccccc1. The molecule has 6 nitrogen and oxygen atoms in total. The highest BCUT2D eigenvalue weighted by molar-refractivity contribution is 7.99. The quantitative estimate of drug-likeness (QED) is 0.323. The first-order chi connectivity index (χ1) is 15.5. The first-order valence-electron chi connectivity index (χ1n) is 11.3. The third kappa shape index (κ3) is 5.44. The molecule has 0 N–H and O–H groups in total. The fourth-order valence-electron chi connectivity index (χ4n) is 4.47. The predicted octanol–water partition coefficient (Wildman–Crippen LogP) is 5.68. The van der Waals surface area contributed by atoms with Crippen LogP contribution in [0, 0.1) is 17.8 Å². The molecule has 1 aliphatic rings. The number of rotatable bonds is 8. The average molecular weight is 454 g/mol. The van der Waals surface area contributed by atoms with Gasteiger partial charge in [-0.1, -0.05) is 69.3 Å². The molecule has 1 saturated carbocycles. The van der Waals surface area contributed by atoms with E-state index in [2.05, 4.69) is 43.1 Å². The minimum Gasteiger partial charge on any atom is -0.461 e. The molecule has 2 heterocycles. The largest absolute Gasteiger partial charge is 0.461 e. The summed E-state index contributed by atoms with van der Waals surface area (Å²) in [5.41, 5.74) is 1.13. The van der Waals surface area contributed by atoms with Gasteiger partial charge in [0.05, 0.1) is 18.6 Å². The van der Waals surface area contributed by atoms with Crippen molar-refractivity contribution < 1.29 is 13.9 Å². The van der Waals surface area contributed by atoms with Crippen molar-refractivity contribution in [3.05, 3.63) is 54.3 Å². The molecule has 0 spiro atoms. The molecule has 32 heavy (non-hydrogen) atoms. The Labute approximate surface area is 193 Å². The van der Waals surface area contributed by atoms with E-state index in [0.717, 1.165) is 18.4 Å². The molecule has 2 aromatic heterocycles. The van der Waals surface area contributed by atoms with Gasteiger partial charge in [-0.15, -0.1) is 10.2 Å². The Morgan fingerprint density at radius 3 is 2.72 bits per heavy atom. The van der Waals surface area contributed by atoms with Gasteiger partial charge in [0.1, 0.15) is 6.10 Å². The summed E-state index contributed by atoms with van der Waals surface area (Å²) in [6.45, 7) is 7.28. The van der Waals surface area contributed by atoms with Crippen LogP contribution in [0.3, 0.4) is 0 Å². The molecule has 0 amide bonds. The summed E-state index contributed by atoms with van der Waals surface area (Å²) in [6, 6.07) is 13.8. The molecular weight excluding hydrogens is 422 g/mol. The van der Waals surface area contributed by atoms with Crippen molar-refractivity contribution in [2.24, 2.45) is 17.8 Å². The van der Waals surface area contributed by atoms with Crippen molar-refractivity contribution in [1.29, 1.82) is 0 Å². The molecule has 4 rings (SSSR count). The number of hydrogen-bond acceptors (Lipinski definition) is 6. The molecule has 7 heteroatoms. The smallest absolute Gasteiger partial charge is 0.316 e. The van der Waals surface area contributed by atoms with Crippen LogP contribution in [-0.2, 0) is 16.1 Å². The minimum atomic E-state index is -0.187. The Morgan fingerprint density at radius 2 is 2.00 bits per heavy atom. The number of hydrogen-bond donors (Lipinski definition) is 0. The fourth-order valence-corrected chi connectivity index (χ4v) is 5.19. The lowest BCUT2D eigenvalue weighted by Crippen LogP contribution is -2.36. The zero-order chi connectivity index (χ0) is 22.5. The maximum atomic E-state index is 12.7. The Balaban J connectivity index is 1.46. The van der Waals surface area contributed by atoms with Gasteiger partial charge in [0.25, 0.3) is 0 Å². The number of carbonyl (C=O) groups excluding carboxylic acids is 1. The topological polar surface area (TPSA) is 70.2 Å². The van der Waals surface area contributed by atoms with Crippen LogP contribution in [0.1, 0.15) is 45.6 Å². The van der Waals surface area contributed by atoms with Crippen molar-refractivity contribution >= 4 is 17.7 Å². The van der Waals surface area contributed by atoms with Gasteiger partial charge in [-0.05, 0) is 48.3 Å². The number of nitrogens with zero attached hydrogens (tertiary/aromatic N) is 3. The van der Waals surface area contributed by atoms with Crippen LogP contribution in [0.2, 0.25) is 0 Å². The highest BCUT2D eigenvalue weighted by Crippen LogP contribution is 2.35. The van der Waals surface area contributed by atoms with Crippen molar-refractivity contribution in [3.8, 4) is 11.6 Å². The number of furan rings is 1. The fraction of sp³-hybridized carbons (Fsp3) is 0.480. The average Bonchev–Trinajstić information content (AvgIpc) is 3.43. The third-order valence-electron chi connectivity index (χ3n) is 6.21. The van der Waals surface area contributed by atoms with Crippen LogP contribution in [0.5, 0.6) is 0 Å². The van der Waals surface area contributed by atoms with E-state index < -0.39 is 0 Å². The van der Waals surface area contributed by atoms with E-state index in [-0.39, 0.29) is 17.8 Å². The second-order valence-electron chi connectivity index (χ2n) is 9.00. The maximum Gasteiger partial charge on any atom is 0.316 e. The molecule has 1 fully saturated rings. The van der Waals surface area contributed by atoms with E-state index in [1.54, 1.807) is 6.26 Å². The predicted molar refractivity (Wildman–Crippen MR) is 125 cm³/mol. The van der Waals surface area contributed by atoms with E-state index in [0.29, 0.717) is 41.0 Å². The molecule has 1 aromatic carbocycles. The Morgan fingerprint density at radius 1 is 1.19 bits per heavy atom. The van der Waals surface area contributed by atoms with Crippen LogP contribution in [0.15, 0.2) is 58.3 Å². The summed E-state index contributed by atoms with van der Waals surface area (Å²) in [7, 11) is 0. The molecule has 1 aliphatic carbocycles. The summed E-state index contributed by atoms with van der Waals surface area (Å²) < 4.78 is 13.5. The van der Waals surface area contributed by atoms with Crippen molar-refractivity contribution in [2.45, 2.75) is 57.8 Å². The summed E-state index contributed by atoms with van der Waals surface area (Å²) in [4.78, 5) is 12.7. The molecule has 0 saturated heterocycles. The van der Waals surface area contributed by atoms with Gasteiger partial charge in [0.15, 0.2) is 10.9 Å². The molecule has 170 valence electrons. The molecule has 0 aliphatic heterocycles. The second kappa shape index (κ2) is 10.4. The minimum absolute atomic E-state index is 0.00715. The van der Waals surface area contributed by atoms with Gasteiger partial charge < -0.3 is 9.15 Å². The van der Waals surface area contributed by atoms with Gasteiger partial charge in [-0.3, -0.25) is 9.36 Å². The lowest BCUT2D eigenvalue weighted by Gasteiger charge is -2.36. The lowest BCUT2D eigenvalue weighted by atomic mass is 9.75. The normalized spacial score (nSPS) is 21.1. The van der Waals surface area contributed by atoms with Crippen LogP contribution in [0.4, 0.5) is 0 Å². The maximum absolute atomic E-state index is 12.7. The van der Waals surface area contributed by atoms with Crippen molar-refractivity contribution in [2.75, 3.05) is 5.75 Å². The highest BCUT2D eigenvalue weighted by atomic mass is 32.2. The van der Waals surface area contributed by atoms with Crippen molar-refractivity contribution in [3.63, 3.8) is 0 Å². The van der Waals surface area contributed by atoms with E-state index in [9.17, 15) is 4.79 Å². The Kier molecular flexibility index (Phi) is 7.35. The lowest BCUT2D eigenvalue weighted by molar-refractivity contribution is -0.152. The van der Waals surface area contributed by atoms with Crippen LogP contribution in [0.25, 0.3) is 11.6 Å². The number of esters is 1. The van der Waals surface area contributed by atoms with E-state index in [4.69, 9.17) is 9.15 Å². The summed E-state index contributed by atoms with van der Waals surface area (Å²) in [6.07, 6.45) is 4.92. The van der Waals surface area contributed by atoms with Crippen LogP contribution >= 0.6 is 11.8 Å². The molecular formula is C25H31N3O3S. The van der Waals surface area contributed by atoms with E-state index >= 15 is 0 Å². The molecule has 3 atom stereocenters. The van der Waals surface area contributed by atoms with Gasteiger partial charge in [0.2, 0.25) is 5.82 Å². The molecule has 0 radical (unpaired) electrons. The van der Waals surface area contributed by atoms with Gasteiger partial charge in [0, 0.05) is 0 Å². The molecule has 3 aromatic rings. The Bertz CT molecular complexity index is 1000. The van der Waals surface area contributed by atoms with Gasteiger partial charge >= 0.3 is 5.97 Å². The monoisotopic (exact) mass is 453 g/mol. The number of thioether (sulfide) groups is 1. The zero-order valence-corrected chi connectivity index (χ0v) is 19.8. The molecule has 0 unspecified atom stereocenters. The number of benzene rings is 1. The number of ether oxygens (including phenoxy) is 1. The third-order valence-corrected chi connectivity index (χ3v) is 7.15. The summed E-state index contributed by atoms with van der Waals surface area (Å²) in [5, 5.41) is 9.37. The first kappa shape index (κ1) is 22.6. The van der Waals surface area contributed by atoms with Gasteiger partial charge in [-0.25, -0.2) is 0 Å². The summed E-state index contributed by atoms with van der Waals surface area (Å²) >= 11 is 1.36. The van der Waals surface area contributed by atoms with Crippen molar-refractivity contribution in [1.82, 2.24) is 14.8 Å². The Hall–Kier alpha value is -2.54. The number of aromatic nitrogens is 3. The zero-order valence-electron chi connectivity index (χ0n) is 18.9. The summed E-state index contributed by atoms with van der Waals surface area (Å²) in [5.74, 6) is 2.87. The molecule has 0 bridgehead atoms. The van der Waals surface area contributed by atoms with Crippen LogP contribution in [-0.4, -0.2) is 32.6 Å². The van der Waals surface area contributed by atoms with Crippen LogP contribution < -0.4 is 0 Å². The first-order valence-corrected chi connectivity index (χ1v) is 12.3.